The smallest absolute Gasteiger partial charge is 0.246 e. The van der Waals surface area contributed by atoms with E-state index in [1.54, 1.807) is 6.92 Å². The summed E-state index contributed by atoms with van der Waals surface area (Å²) in [4.78, 5) is 28.9. The minimum atomic E-state index is 0.0235. The van der Waals surface area contributed by atoms with Crippen molar-refractivity contribution in [2.45, 2.75) is 70.9 Å². The SMILES string of the molecule is CC(=O)N(CC(=O)N1c2ccccc2CC1C)C1CCCCCC1. The Bertz CT molecular complexity index is 605. The van der Waals surface area contributed by atoms with E-state index < -0.39 is 0 Å². The Labute approximate surface area is 144 Å². The van der Waals surface area contributed by atoms with Gasteiger partial charge in [-0.05, 0) is 37.8 Å². The topological polar surface area (TPSA) is 40.6 Å². The van der Waals surface area contributed by atoms with Gasteiger partial charge in [0.05, 0.1) is 0 Å². The molecule has 4 nitrogen and oxygen atoms in total. The van der Waals surface area contributed by atoms with E-state index in [-0.39, 0.29) is 30.4 Å². The fourth-order valence-corrected chi connectivity index (χ4v) is 4.23. The fourth-order valence-electron chi connectivity index (χ4n) is 4.23. The lowest BCUT2D eigenvalue weighted by Gasteiger charge is -2.32. The van der Waals surface area contributed by atoms with Crippen molar-refractivity contribution in [1.29, 1.82) is 0 Å². The van der Waals surface area contributed by atoms with Gasteiger partial charge >= 0.3 is 0 Å². The summed E-state index contributed by atoms with van der Waals surface area (Å²) >= 11 is 0. The predicted octanol–water partition coefficient (Wildman–Crippen LogP) is 3.54. The number of para-hydroxylation sites is 1. The molecule has 1 fully saturated rings. The number of amides is 2. The van der Waals surface area contributed by atoms with Crippen LogP contribution in [0.25, 0.3) is 0 Å². The molecule has 1 atom stereocenters. The lowest BCUT2D eigenvalue weighted by atomic mass is 10.1. The van der Waals surface area contributed by atoms with Gasteiger partial charge in [0.25, 0.3) is 0 Å². The largest absolute Gasteiger partial charge is 0.331 e. The number of benzene rings is 1. The first-order chi connectivity index (χ1) is 11.6. The summed E-state index contributed by atoms with van der Waals surface area (Å²) in [6, 6.07) is 8.49. The van der Waals surface area contributed by atoms with Crippen LogP contribution in [-0.4, -0.2) is 35.3 Å². The number of carbonyl (C=O) groups is 2. The highest BCUT2D eigenvalue weighted by molar-refractivity contribution is 5.98. The molecule has 0 radical (unpaired) electrons. The Hall–Kier alpha value is -1.84. The van der Waals surface area contributed by atoms with Crippen molar-refractivity contribution >= 4 is 17.5 Å². The van der Waals surface area contributed by atoms with Gasteiger partial charge in [0.15, 0.2) is 0 Å². The van der Waals surface area contributed by atoms with Crippen molar-refractivity contribution < 1.29 is 9.59 Å². The molecule has 1 unspecified atom stereocenters. The zero-order chi connectivity index (χ0) is 17.1. The van der Waals surface area contributed by atoms with Crippen molar-refractivity contribution in [1.82, 2.24) is 4.90 Å². The third kappa shape index (κ3) is 3.47. The molecule has 0 spiro atoms. The molecule has 1 aromatic rings. The van der Waals surface area contributed by atoms with Crippen molar-refractivity contribution in [3.63, 3.8) is 0 Å². The van der Waals surface area contributed by atoms with Crippen LogP contribution in [0.1, 0.15) is 57.9 Å². The lowest BCUT2D eigenvalue weighted by molar-refractivity contribution is -0.136. The summed E-state index contributed by atoms with van der Waals surface area (Å²) in [6.07, 6.45) is 7.75. The van der Waals surface area contributed by atoms with Crippen LogP contribution in [0.2, 0.25) is 0 Å². The highest BCUT2D eigenvalue weighted by Gasteiger charge is 2.33. The molecular weight excluding hydrogens is 300 g/mol. The van der Waals surface area contributed by atoms with Crippen molar-refractivity contribution in [3.05, 3.63) is 29.8 Å². The normalized spacial score (nSPS) is 21.2. The van der Waals surface area contributed by atoms with Crippen molar-refractivity contribution in [3.8, 4) is 0 Å². The van der Waals surface area contributed by atoms with E-state index in [2.05, 4.69) is 13.0 Å². The average molecular weight is 328 g/mol. The predicted molar refractivity (Wildman–Crippen MR) is 96.0 cm³/mol. The second kappa shape index (κ2) is 7.37. The highest BCUT2D eigenvalue weighted by atomic mass is 16.2. The number of rotatable bonds is 3. The summed E-state index contributed by atoms with van der Waals surface area (Å²) in [5, 5.41) is 0. The molecule has 0 N–H and O–H groups in total. The van der Waals surface area contributed by atoms with Gasteiger partial charge in [0, 0.05) is 24.7 Å². The molecular formula is C20H28N2O2. The van der Waals surface area contributed by atoms with Gasteiger partial charge in [-0.25, -0.2) is 0 Å². The van der Waals surface area contributed by atoms with E-state index in [4.69, 9.17) is 0 Å². The van der Waals surface area contributed by atoms with Crippen LogP contribution in [-0.2, 0) is 16.0 Å². The summed E-state index contributed by atoms with van der Waals surface area (Å²) < 4.78 is 0. The van der Waals surface area contributed by atoms with Gasteiger partial charge in [-0.15, -0.1) is 0 Å². The molecule has 1 saturated carbocycles. The molecule has 0 aromatic heterocycles. The maximum absolute atomic E-state index is 13.0. The van der Waals surface area contributed by atoms with Gasteiger partial charge in [-0.2, -0.15) is 0 Å². The first-order valence-corrected chi connectivity index (χ1v) is 9.25. The van der Waals surface area contributed by atoms with Crippen LogP contribution in [0.5, 0.6) is 0 Å². The monoisotopic (exact) mass is 328 g/mol. The molecule has 24 heavy (non-hydrogen) atoms. The molecule has 2 aliphatic rings. The summed E-state index contributed by atoms with van der Waals surface area (Å²) in [5.74, 6) is 0.0716. The highest BCUT2D eigenvalue weighted by Crippen LogP contribution is 2.32. The number of hydrogen-bond acceptors (Lipinski definition) is 2. The van der Waals surface area contributed by atoms with E-state index in [9.17, 15) is 9.59 Å². The van der Waals surface area contributed by atoms with Gasteiger partial charge in [-0.3, -0.25) is 9.59 Å². The third-order valence-electron chi connectivity index (χ3n) is 5.45. The summed E-state index contributed by atoms with van der Waals surface area (Å²) in [5.41, 5.74) is 2.24. The Morgan fingerprint density at radius 3 is 2.46 bits per heavy atom. The second-order valence-electron chi connectivity index (χ2n) is 7.24. The van der Waals surface area contributed by atoms with E-state index in [0.29, 0.717) is 0 Å². The number of anilines is 1. The molecule has 3 rings (SSSR count). The maximum Gasteiger partial charge on any atom is 0.246 e. The van der Waals surface area contributed by atoms with Gasteiger partial charge in [0.1, 0.15) is 6.54 Å². The lowest BCUT2D eigenvalue weighted by Crippen LogP contribution is -2.48. The minimum absolute atomic E-state index is 0.0235. The number of hydrogen-bond donors (Lipinski definition) is 0. The summed E-state index contributed by atoms with van der Waals surface area (Å²) in [6.45, 7) is 3.89. The molecule has 1 aromatic carbocycles. The summed E-state index contributed by atoms with van der Waals surface area (Å²) in [7, 11) is 0. The first-order valence-electron chi connectivity index (χ1n) is 9.25. The quantitative estimate of drug-likeness (QED) is 0.796. The molecule has 1 aliphatic heterocycles. The van der Waals surface area contributed by atoms with Crippen LogP contribution in [0.3, 0.4) is 0 Å². The van der Waals surface area contributed by atoms with Crippen LogP contribution < -0.4 is 4.90 Å². The van der Waals surface area contributed by atoms with E-state index >= 15 is 0 Å². The standard InChI is InChI=1S/C20H28N2O2/c1-15-13-17-9-7-8-12-19(17)22(15)20(24)14-21(16(2)23)18-10-5-3-4-6-11-18/h7-9,12,15,18H,3-6,10-11,13-14H2,1-2H3. The van der Waals surface area contributed by atoms with Crippen LogP contribution >= 0.6 is 0 Å². The molecule has 130 valence electrons. The van der Waals surface area contributed by atoms with Crippen molar-refractivity contribution in [2.75, 3.05) is 11.4 Å². The van der Waals surface area contributed by atoms with Gasteiger partial charge < -0.3 is 9.80 Å². The zero-order valence-electron chi connectivity index (χ0n) is 14.8. The van der Waals surface area contributed by atoms with Crippen LogP contribution in [0.4, 0.5) is 5.69 Å². The molecule has 0 bridgehead atoms. The first kappa shape index (κ1) is 17.0. The average Bonchev–Trinajstić information content (AvgIpc) is 2.72. The molecule has 1 aliphatic carbocycles. The molecule has 4 heteroatoms. The Balaban J connectivity index is 1.75. The van der Waals surface area contributed by atoms with Gasteiger partial charge in [-0.1, -0.05) is 43.9 Å². The molecule has 1 heterocycles. The van der Waals surface area contributed by atoms with E-state index in [0.717, 1.165) is 37.8 Å². The van der Waals surface area contributed by atoms with Gasteiger partial charge in [0.2, 0.25) is 11.8 Å². The number of carbonyl (C=O) groups excluding carboxylic acids is 2. The zero-order valence-corrected chi connectivity index (χ0v) is 14.8. The van der Waals surface area contributed by atoms with Crippen molar-refractivity contribution in [2.24, 2.45) is 0 Å². The number of nitrogens with zero attached hydrogens (tertiary/aromatic N) is 2. The Morgan fingerprint density at radius 2 is 1.79 bits per heavy atom. The molecule has 0 saturated heterocycles. The number of fused-ring (bicyclic) bond motifs is 1. The second-order valence-corrected chi connectivity index (χ2v) is 7.24. The fraction of sp³-hybridized carbons (Fsp3) is 0.600. The van der Waals surface area contributed by atoms with E-state index in [1.807, 2.05) is 28.0 Å². The molecule has 2 amide bonds. The van der Waals surface area contributed by atoms with Crippen LogP contribution in [0, 0.1) is 0 Å². The van der Waals surface area contributed by atoms with Crippen LogP contribution in [0.15, 0.2) is 24.3 Å². The third-order valence-corrected chi connectivity index (χ3v) is 5.45. The Morgan fingerprint density at radius 1 is 1.12 bits per heavy atom. The maximum atomic E-state index is 13.0. The van der Waals surface area contributed by atoms with E-state index in [1.165, 1.54) is 18.4 Å². The Kier molecular flexibility index (Phi) is 5.22. The minimum Gasteiger partial charge on any atom is -0.331 e.